The average Bonchev–Trinajstić information content (AvgIpc) is 2.29. The fourth-order valence-electron chi connectivity index (χ4n) is 3.02. The normalized spacial score (nSPS) is 21.5. The summed E-state index contributed by atoms with van der Waals surface area (Å²) in [5, 5.41) is 0. The molecule has 0 aliphatic heterocycles. The smallest absolute Gasteiger partial charge is 0.136 e. The van der Waals surface area contributed by atoms with Gasteiger partial charge in [0.15, 0.2) is 0 Å². The molecule has 2 nitrogen and oxygen atoms in total. The molecule has 0 aromatic heterocycles. The molecule has 0 spiro atoms. The van der Waals surface area contributed by atoms with Gasteiger partial charge >= 0.3 is 0 Å². The van der Waals surface area contributed by atoms with Crippen molar-refractivity contribution in [3.8, 4) is 0 Å². The minimum absolute atomic E-state index is 0.126. The summed E-state index contributed by atoms with van der Waals surface area (Å²) in [5.74, 6) is 0.533. The molecule has 17 heavy (non-hydrogen) atoms. The highest BCUT2D eigenvalue weighted by molar-refractivity contribution is 5.83. The molecule has 1 atom stereocenters. The van der Waals surface area contributed by atoms with Crippen LogP contribution in [0.3, 0.4) is 0 Å². The van der Waals surface area contributed by atoms with E-state index in [9.17, 15) is 4.79 Å². The molecule has 1 unspecified atom stereocenters. The SMILES string of the molecule is CC(C)(c1ccccc1N)C1CCCCC1=O. The summed E-state index contributed by atoms with van der Waals surface area (Å²) in [6, 6.07) is 7.92. The van der Waals surface area contributed by atoms with Gasteiger partial charge in [0.05, 0.1) is 0 Å². The van der Waals surface area contributed by atoms with Gasteiger partial charge in [0.2, 0.25) is 0 Å². The molecule has 1 aromatic carbocycles. The molecule has 2 N–H and O–H groups in total. The Hall–Kier alpha value is -1.31. The van der Waals surface area contributed by atoms with Crippen molar-refractivity contribution in [1.29, 1.82) is 0 Å². The molecule has 0 amide bonds. The monoisotopic (exact) mass is 231 g/mol. The molecule has 0 radical (unpaired) electrons. The summed E-state index contributed by atoms with van der Waals surface area (Å²) in [4.78, 5) is 12.1. The van der Waals surface area contributed by atoms with Gasteiger partial charge in [-0.15, -0.1) is 0 Å². The standard InChI is InChI=1S/C15H21NO/c1-15(2,11-7-3-5-9-13(11)16)12-8-4-6-10-14(12)17/h3,5,7,9,12H,4,6,8,10,16H2,1-2H3. The number of para-hydroxylation sites is 1. The van der Waals surface area contributed by atoms with Crippen molar-refractivity contribution in [2.75, 3.05) is 5.73 Å². The van der Waals surface area contributed by atoms with E-state index in [1.165, 1.54) is 0 Å². The molecule has 1 aliphatic carbocycles. The minimum Gasteiger partial charge on any atom is -0.398 e. The highest BCUT2D eigenvalue weighted by Crippen LogP contribution is 2.40. The van der Waals surface area contributed by atoms with Crippen LogP contribution in [-0.2, 0) is 10.2 Å². The van der Waals surface area contributed by atoms with Gasteiger partial charge < -0.3 is 5.73 Å². The number of hydrogen-bond acceptors (Lipinski definition) is 2. The second-order valence-electron chi connectivity index (χ2n) is 5.57. The van der Waals surface area contributed by atoms with Gasteiger partial charge in [-0.05, 0) is 24.5 Å². The molecule has 1 aliphatic rings. The molecule has 2 heteroatoms. The maximum absolute atomic E-state index is 12.1. The molecule has 0 bridgehead atoms. The van der Waals surface area contributed by atoms with Gasteiger partial charge in [0.25, 0.3) is 0 Å². The third-order valence-corrected chi connectivity index (χ3v) is 4.08. The van der Waals surface area contributed by atoms with Gasteiger partial charge in [0.1, 0.15) is 5.78 Å². The Morgan fingerprint density at radius 1 is 1.24 bits per heavy atom. The first-order valence-corrected chi connectivity index (χ1v) is 6.41. The lowest BCUT2D eigenvalue weighted by atomic mass is 9.66. The number of hydrogen-bond donors (Lipinski definition) is 1. The van der Waals surface area contributed by atoms with E-state index in [1.54, 1.807) is 0 Å². The molecule has 2 rings (SSSR count). The van der Waals surface area contributed by atoms with Crippen LogP contribution in [0, 0.1) is 5.92 Å². The second-order valence-corrected chi connectivity index (χ2v) is 5.57. The van der Waals surface area contributed by atoms with Gasteiger partial charge in [-0.2, -0.15) is 0 Å². The van der Waals surface area contributed by atoms with Crippen LogP contribution in [-0.4, -0.2) is 5.78 Å². The van der Waals surface area contributed by atoms with E-state index in [2.05, 4.69) is 19.9 Å². The molecular formula is C15H21NO. The summed E-state index contributed by atoms with van der Waals surface area (Å²) < 4.78 is 0. The van der Waals surface area contributed by atoms with Crippen LogP contribution < -0.4 is 5.73 Å². The van der Waals surface area contributed by atoms with Gasteiger partial charge in [-0.1, -0.05) is 38.5 Å². The van der Waals surface area contributed by atoms with Crippen molar-refractivity contribution in [1.82, 2.24) is 0 Å². The molecule has 1 saturated carbocycles. The first-order chi connectivity index (χ1) is 8.03. The Balaban J connectivity index is 2.35. The van der Waals surface area contributed by atoms with E-state index in [-0.39, 0.29) is 11.3 Å². The lowest BCUT2D eigenvalue weighted by molar-refractivity contribution is -0.126. The van der Waals surface area contributed by atoms with Crippen LogP contribution >= 0.6 is 0 Å². The molecule has 0 heterocycles. The Kier molecular flexibility index (Phi) is 3.23. The van der Waals surface area contributed by atoms with E-state index >= 15 is 0 Å². The fraction of sp³-hybridized carbons (Fsp3) is 0.533. The quantitative estimate of drug-likeness (QED) is 0.793. The van der Waals surface area contributed by atoms with Crippen LogP contribution in [0.5, 0.6) is 0 Å². The highest BCUT2D eigenvalue weighted by atomic mass is 16.1. The molecule has 1 aromatic rings. The number of ketones is 1. The zero-order valence-electron chi connectivity index (χ0n) is 10.7. The molecule has 1 fully saturated rings. The number of benzene rings is 1. The van der Waals surface area contributed by atoms with Gasteiger partial charge in [-0.3, -0.25) is 4.79 Å². The first kappa shape index (κ1) is 12.2. The lowest BCUT2D eigenvalue weighted by Crippen LogP contribution is -2.37. The molecule has 92 valence electrons. The van der Waals surface area contributed by atoms with Crippen LogP contribution in [0.25, 0.3) is 0 Å². The maximum atomic E-state index is 12.1. The summed E-state index contributed by atoms with van der Waals surface area (Å²) >= 11 is 0. The van der Waals surface area contributed by atoms with Crippen molar-refractivity contribution in [2.45, 2.75) is 44.9 Å². The maximum Gasteiger partial charge on any atom is 0.136 e. The van der Waals surface area contributed by atoms with Crippen LogP contribution in [0.15, 0.2) is 24.3 Å². The third-order valence-electron chi connectivity index (χ3n) is 4.08. The van der Waals surface area contributed by atoms with Crippen LogP contribution in [0.2, 0.25) is 0 Å². The predicted molar refractivity (Wildman–Crippen MR) is 70.8 cm³/mol. The minimum atomic E-state index is -0.150. The summed E-state index contributed by atoms with van der Waals surface area (Å²) in [6.45, 7) is 4.29. The number of rotatable bonds is 2. The van der Waals surface area contributed by atoms with E-state index in [0.29, 0.717) is 5.78 Å². The summed E-state index contributed by atoms with van der Waals surface area (Å²) in [6.07, 6.45) is 3.95. The zero-order valence-corrected chi connectivity index (χ0v) is 10.7. The highest BCUT2D eigenvalue weighted by Gasteiger charge is 2.38. The second kappa shape index (κ2) is 4.52. The van der Waals surface area contributed by atoms with Crippen molar-refractivity contribution in [3.05, 3.63) is 29.8 Å². The van der Waals surface area contributed by atoms with Crippen molar-refractivity contribution in [2.24, 2.45) is 5.92 Å². The zero-order chi connectivity index (χ0) is 12.5. The van der Waals surface area contributed by atoms with Crippen LogP contribution in [0.4, 0.5) is 5.69 Å². The Labute approximate surface area is 103 Å². The topological polar surface area (TPSA) is 43.1 Å². The molecular weight excluding hydrogens is 210 g/mol. The largest absolute Gasteiger partial charge is 0.398 e. The van der Waals surface area contributed by atoms with Gasteiger partial charge in [-0.25, -0.2) is 0 Å². The van der Waals surface area contributed by atoms with Crippen molar-refractivity contribution >= 4 is 11.5 Å². The van der Waals surface area contributed by atoms with Crippen molar-refractivity contribution < 1.29 is 4.79 Å². The lowest BCUT2D eigenvalue weighted by Gasteiger charge is -2.37. The van der Waals surface area contributed by atoms with Gasteiger partial charge in [0, 0.05) is 23.4 Å². The first-order valence-electron chi connectivity index (χ1n) is 6.41. The summed E-state index contributed by atoms with van der Waals surface area (Å²) in [5.41, 5.74) is 7.81. The van der Waals surface area contributed by atoms with E-state index in [4.69, 9.17) is 5.73 Å². The van der Waals surface area contributed by atoms with Crippen molar-refractivity contribution in [3.63, 3.8) is 0 Å². The number of carbonyl (C=O) groups is 1. The number of carbonyl (C=O) groups excluding carboxylic acids is 1. The Bertz CT molecular complexity index is 423. The Morgan fingerprint density at radius 3 is 2.59 bits per heavy atom. The number of anilines is 1. The molecule has 0 saturated heterocycles. The number of nitrogen functional groups attached to an aromatic ring is 1. The Morgan fingerprint density at radius 2 is 1.94 bits per heavy atom. The van der Waals surface area contributed by atoms with E-state index in [1.807, 2.05) is 18.2 Å². The fourth-order valence-corrected chi connectivity index (χ4v) is 3.02. The predicted octanol–water partition coefficient (Wildman–Crippen LogP) is 3.31. The number of nitrogens with two attached hydrogens (primary N) is 1. The third kappa shape index (κ3) is 2.21. The summed E-state index contributed by atoms with van der Waals surface area (Å²) in [7, 11) is 0. The van der Waals surface area contributed by atoms with Crippen LogP contribution in [0.1, 0.15) is 45.1 Å². The number of Topliss-reactive ketones (excluding diaryl/α,β-unsaturated/α-hetero) is 1. The average molecular weight is 231 g/mol. The van der Waals surface area contributed by atoms with E-state index < -0.39 is 0 Å². The van der Waals surface area contributed by atoms with E-state index in [0.717, 1.165) is 36.9 Å².